The fourth-order valence-corrected chi connectivity index (χ4v) is 2.79. The number of para-hydroxylation sites is 1. The maximum atomic E-state index is 11.7. The van der Waals surface area contributed by atoms with Crippen LogP contribution in [0.3, 0.4) is 0 Å². The Balaban J connectivity index is 1.53. The lowest BCUT2D eigenvalue weighted by atomic mass is 10.1. The predicted molar refractivity (Wildman–Crippen MR) is 80.8 cm³/mol. The van der Waals surface area contributed by atoms with Gasteiger partial charge in [0, 0.05) is 29.0 Å². The fraction of sp³-hybridized carbons (Fsp3) is 0.200. The first-order chi connectivity index (χ1) is 9.83. The van der Waals surface area contributed by atoms with Crippen molar-refractivity contribution in [3.8, 4) is 0 Å². The molecule has 0 aliphatic carbocycles. The molecule has 0 unspecified atom stereocenters. The normalized spacial score (nSPS) is 10.8. The number of aromatic nitrogens is 2. The lowest BCUT2D eigenvalue weighted by molar-refractivity contribution is -0.120. The van der Waals surface area contributed by atoms with Gasteiger partial charge in [-0.1, -0.05) is 18.2 Å². The standard InChI is InChI=1S/C15H15N3OS/c19-15(7-12-9-20-10-18-12)16-6-5-11-8-17-14-4-2-1-3-13(11)14/h1-4,8-10,17H,5-7H2,(H,16,19). The molecule has 2 aromatic heterocycles. The van der Waals surface area contributed by atoms with Crippen LogP contribution in [0.2, 0.25) is 0 Å². The highest BCUT2D eigenvalue weighted by molar-refractivity contribution is 7.07. The number of H-pyrrole nitrogens is 1. The molecule has 0 fully saturated rings. The van der Waals surface area contributed by atoms with Gasteiger partial charge in [-0.3, -0.25) is 4.79 Å². The minimum atomic E-state index is 0.0238. The number of amides is 1. The molecule has 2 N–H and O–H groups in total. The molecule has 3 rings (SSSR count). The zero-order valence-corrected chi connectivity index (χ0v) is 11.7. The van der Waals surface area contributed by atoms with Crippen molar-refractivity contribution in [2.24, 2.45) is 0 Å². The third kappa shape index (κ3) is 2.88. The van der Waals surface area contributed by atoms with Crippen LogP contribution in [0.5, 0.6) is 0 Å². The number of aromatic amines is 1. The predicted octanol–water partition coefficient (Wildman–Crippen LogP) is 2.53. The van der Waals surface area contributed by atoms with E-state index < -0.39 is 0 Å². The van der Waals surface area contributed by atoms with E-state index in [1.165, 1.54) is 22.3 Å². The third-order valence-corrected chi connectivity index (χ3v) is 3.85. The summed E-state index contributed by atoms with van der Waals surface area (Å²) in [6, 6.07) is 8.19. The Morgan fingerprint density at radius 3 is 3.10 bits per heavy atom. The second-order valence-electron chi connectivity index (χ2n) is 4.62. The molecule has 0 radical (unpaired) electrons. The van der Waals surface area contributed by atoms with E-state index in [0.717, 1.165) is 17.6 Å². The number of fused-ring (bicyclic) bond motifs is 1. The van der Waals surface area contributed by atoms with Crippen LogP contribution in [-0.4, -0.2) is 22.4 Å². The molecule has 20 heavy (non-hydrogen) atoms. The van der Waals surface area contributed by atoms with Crippen molar-refractivity contribution >= 4 is 28.1 Å². The van der Waals surface area contributed by atoms with Crippen LogP contribution in [0.15, 0.2) is 41.4 Å². The highest BCUT2D eigenvalue weighted by Crippen LogP contribution is 2.17. The Morgan fingerprint density at radius 1 is 1.35 bits per heavy atom. The lowest BCUT2D eigenvalue weighted by Gasteiger charge is -2.03. The second-order valence-corrected chi connectivity index (χ2v) is 5.33. The number of nitrogens with one attached hydrogen (secondary N) is 2. The van der Waals surface area contributed by atoms with Crippen LogP contribution >= 0.6 is 11.3 Å². The molecule has 5 heteroatoms. The Kier molecular flexibility index (Phi) is 3.78. The van der Waals surface area contributed by atoms with E-state index in [1.54, 1.807) is 5.51 Å². The lowest BCUT2D eigenvalue weighted by Crippen LogP contribution is -2.27. The van der Waals surface area contributed by atoms with Gasteiger partial charge in [-0.05, 0) is 18.1 Å². The Labute approximate surface area is 120 Å². The van der Waals surface area contributed by atoms with Crippen LogP contribution in [0.1, 0.15) is 11.3 Å². The molecule has 0 saturated carbocycles. The Bertz CT molecular complexity index is 703. The fourth-order valence-electron chi connectivity index (χ4n) is 2.23. The first-order valence-corrected chi connectivity index (χ1v) is 7.46. The van der Waals surface area contributed by atoms with Crippen LogP contribution < -0.4 is 5.32 Å². The summed E-state index contributed by atoms with van der Waals surface area (Å²) in [4.78, 5) is 19.1. The van der Waals surface area contributed by atoms with Gasteiger partial charge in [0.2, 0.25) is 5.91 Å². The second kappa shape index (κ2) is 5.88. The minimum Gasteiger partial charge on any atom is -0.361 e. The summed E-state index contributed by atoms with van der Waals surface area (Å²) < 4.78 is 0. The van der Waals surface area contributed by atoms with Gasteiger partial charge >= 0.3 is 0 Å². The number of carbonyl (C=O) groups is 1. The molecule has 102 valence electrons. The molecule has 3 aromatic rings. The smallest absolute Gasteiger partial charge is 0.226 e. The van der Waals surface area contributed by atoms with Gasteiger partial charge < -0.3 is 10.3 Å². The summed E-state index contributed by atoms with van der Waals surface area (Å²) in [6.45, 7) is 0.644. The van der Waals surface area contributed by atoms with E-state index in [1.807, 2.05) is 23.7 Å². The maximum Gasteiger partial charge on any atom is 0.226 e. The number of hydrogen-bond acceptors (Lipinski definition) is 3. The van der Waals surface area contributed by atoms with E-state index >= 15 is 0 Å². The van der Waals surface area contributed by atoms with Gasteiger partial charge in [0.25, 0.3) is 0 Å². The summed E-state index contributed by atoms with van der Waals surface area (Å²) in [5.74, 6) is 0.0238. The summed E-state index contributed by atoms with van der Waals surface area (Å²) in [5.41, 5.74) is 4.94. The van der Waals surface area contributed by atoms with Crippen molar-refractivity contribution in [2.75, 3.05) is 6.54 Å². The molecule has 1 aromatic carbocycles. The van der Waals surface area contributed by atoms with E-state index in [9.17, 15) is 4.79 Å². The van der Waals surface area contributed by atoms with Crippen LogP contribution in [-0.2, 0) is 17.6 Å². The molecule has 0 bridgehead atoms. The van der Waals surface area contributed by atoms with Gasteiger partial charge in [-0.15, -0.1) is 11.3 Å². The molecule has 0 aliphatic heterocycles. The quantitative estimate of drug-likeness (QED) is 0.757. The first kappa shape index (κ1) is 12.9. The summed E-state index contributed by atoms with van der Waals surface area (Å²) >= 11 is 1.51. The van der Waals surface area contributed by atoms with E-state index in [0.29, 0.717) is 13.0 Å². The van der Waals surface area contributed by atoms with Crippen molar-refractivity contribution in [2.45, 2.75) is 12.8 Å². The summed E-state index contributed by atoms with van der Waals surface area (Å²) in [6.07, 6.45) is 3.20. The molecule has 4 nitrogen and oxygen atoms in total. The van der Waals surface area contributed by atoms with Gasteiger partial charge in [-0.2, -0.15) is 0 Å². The average molecular weight is 285 g/mol. The minimum absolute atomic E-state index is 0.0238. The molecule has 0 atom stereocenters. The van der Waals surface area contributed by atoms with Crippen molar-refractivity contribution in [1.29, 1.82) is 0 Å². The van der Waals surface area contributed by atoms with Crippen molar-refractivity contribution in [1.82, 2.24) is 15.3 Å². The van der Waals surface area contributed by atoms with Gasteiger partial charge in [0.1, 0.15) is 0 Å². The van der Waals surface area contributed by atoms with Crippen LogP contribution in [0.25, 0.3) is 10.9 Å². The largest absolute Gasteiger partial charge is 0.361 e. The topological polar surface area (TPSA) is 57.8 Å². The number of carbonyl (C=O) groups excluding carboxylic acids is 1. The number of thiazole rings is 1. The zero-order chi connectivity index (χ0) is 13.8. The van der Waals surface area contributed by atoms with Crippen molar-refractivity contribution in [3.63, 3.8) is 0 Å². The summed E-state index contributed by atoms with van der Waals surface area (Å²) in [5, 5.41) is 6.06. The molecular formula is C15H15N3OS. The zero-order valence-electron chi connectivity index (χ0n) is 10.9. The summed E-state index contributed by atoms with van der Waals surface area (Å²) in [7, 11) is 0. The van der Waals surface area contributed by atoms with Crippen molar-refractivity contribution in [3.05, 3.63) is 52.6 Å². The number of rotatable bonds is 5. The molecule has 1 amide bonds. The van der Waals surface area contributed by atoms with E-state index in [2.05, 4.69) is 27.4 Å². The number of nitrogens with zero attached hydrogens (tertiary/aromatic N) is 1. The van der Waals surface area contributed by atoms with E-state index in [4.69, 9.17) is 0 Å². The first-order valence-electron chi connectivity index (χ1n) is 6.51. The monoisotopic (exact) mass is 285 g/mol. The van der Waals surface area contributed by atoms with Crippen LogP contribution in [0, 0.1) is 0 Å². The van der Waals surface area contributed by atoms with E-state index in [-0.39, 0.29) is 5.91 Å². The maximum absolute atomic E-state index is 11.7. The SMILES string of the molecule is O=C(Cc1cscn1)NCCc1c[nH]c2ccccc12. The van der Waals surface area contributed by atoms with Gasteiger partial charge in [0.15, 0.2) is 0 Å². The number of hydrogen-bond donors (Lipinski definition) is 2. The Hall–Kier alpha value is -2.14. The van der Waals surface area contributed by atoms with Crippen LogP contribution in [0.4, 0.5) is 0 Å². The molecule has 0 spiro atoms. The third-order valence-electron chi connectivity index (χ3n) is 3.22. The highest BCUT2D eigenvalue weighted by atomic mass is 32.1. The van der Waals surface area contributed by atoms with Gasteiger partial charge in [0.05, 0.1) is 17.6 Å². The molecule has 0 saturated heterocycles. The van der Waals surface area contributed by atoms with Gasteiger partial charge in [-0.25, -0.2) is 4.98 Å². The number of benzene rings is 1. The van der Waals surface area contributed by atoms with Crippen molar-refractivity contribution < 1.29 is 4.79 Å². The average Bonchev–Trinajstić information content (AvgIpc) is 3.09. The molecule has 2 heterocycles. The molecular weight excluding hydrogens is 270 g/mol. The Morgan fingerprint density at radius 2 is 2.25 bits per heavy atom. The highest BCUT2D eigenvalue weighted by Gasteiger charge is 2.06. The molecule has 0 aliphatic rings.